The van der Waals surface area contributed by atoms with Crippen LogP contribution in [0.5, 0.6) is 0 Å². The summed E-state index contributed by atoms with van der Waals surface area (Å²) in [7, 11) is 0. The van der Waals surface area contributed by atoms with Gasteiger partial charge in [-0.05, 0) is 47.7 Å². The van der Waals surface area contributed by atoms with Crippen LogP contribution in [0, 0.1) is 5.82 Å². The molecule has 0 radical (unpaired) electrons. The van der Waals surface area contributed by atoms with Crippen molar-refractivity contribution in [3.05, 3.63) is 70.2 Å². The standard InChI is InChI=1S/C21H17FN2OS2/c1-2-5-16-15-6-3-4-7-18(15)27-19(16)20(25)24-21-23-17(12-26-21)13-8-10-14(22)11-9-13/h3-4,6-12H,2,5H2,1H3,(H,23,24,25). The first-order chi connectivity index (χ1) is 13.2. The molecule has 6 heteroatoms. The average molecular weight is 397 g/mol. The predicted octanol–water partition coefficient (Wildman–Crippen LogP) is 6.37. The average Bonchev–Trinajstić information content (AvgIpc) is 3.28. The highest BCUT2D eigenvalue weighted by molar-refractivity contribution is 7.21. The largest absolute Gasteiger partial charge is 0.297 e. The lowest BCUT2D eigenvalue weighted by Crippen LogP contribution is -2.12. The van der Waals surface area contributed by atoms with E-state index < -0.39 is 0 Å². The quantitative estimate of drug-likeness (QED) is 0.426. The number of carbonyl (C=O) groups is 1. The Morgan fingerprint density at radius 1 is 1.15 bits per heavy atom. The molecule has 27 heavy (non-hydrogen) atoms. The number of rotatable bonds is 5. The van der Waals surface area contributed by atoms with Gasteiger partial charge in [0.2, 0.25) is 0 Å². The molecular weight excluding hydrogens is 379 g/mol. The van der Waals surface area contributed by atoms with E-state index in [1.54, 1.807) is 12.1 Å². The predicted molar refractivity (Wildman–Crippen MR) is 111 cm³/mol. The van der Waals surface area contributed by atoms with Gasteiger partial charge in [-0.25, -0.2) is 9.37 Å². The van der Waals surface area contributed by atoms with Crippen molar-refractivity contribution in [2.45, 2.75) is 19.8 Å². The van der Waals surface area contributed by atoms with Gasteiger partial charge in [0, 0.05) is 15.6 Å². The summed E-state index contributed by atoms with van der Waals surface area (Å²) in [5, 5.41) is 6.48. The summed E-state index contributed by atoms with van der Waals surface area (Å²) in [6, 6.07) is 14.3. The fourth-order valence-electron chi connectivity index (χ4n) is 3.02. The normalized spacial score (nSPS) is 11.0. The van der Waals surface area contributed by atoms with Gasteiger partial charge in [-0.3, -0.25) is 10.1 Å². The van der Waals surface area contributed by atoms with E-state index in [0.29, 0.717) is 5.13 Å². The van der Waals surface area contributed by atoms with Crippen LogP contribution in [0.2, 0.25) is 0 Å². The number of thiophene rings is 1. The lowest BCUT2D eigenvalue weighted by Gasteiger charge is -2.03. The first kappa shape index (κ1) is 17.8. The molecule has 0 aliphatic rings. The van der Waals surface area contributed by atoms with Crippen LogP contribution in [0.1, 0.15) is 28.6 Å². The zero-order valence-electron chi connectivity index (χ0n) is 14.7. The van der Waals surface area contributed by atoms with Gasteiger partial charge in [0.05, 0.1) is 10.6 Å². The smallest absolute Gasteiger partial charge is 0.267 e. The van der Waals surface area contributed by atoms with E-state index in [4.69, 9.17) is 0 Å². The number of benzene rings is 2. The number of halogens is 1. The molecule has 2 heterocycles. The lowest BCUT2D eigenvalue weighted by molar-refractivity contribution is 0.103. The molecule has 2 aromatic heterocycles. The highest BCUT2D eigenvalue weighted by Gasteiger charge is 2.19. The maximum absolute atomic E-state index is 13.1. The third-order valence-electron chi connectivity index (χ3n) is 4.27. The number of nitrogens with zero attached hydrogens (tertiary/aromatic N) is 1. The van der Waals surface area contributed by atoms with Crippen LogP contribution >= 0.6 is 22.7 Å². The van der Waals surface area contributed by atoms with Gasteiger partial charge in [-0.15, -0.1) is 22.7 Å². The van der Waals surface area contributed by atoms with Crippen molar-refractivity contribution in [2.75, 3.05) is 5.32 Å². The number of fused-ring (bicyclic) bond motifs is 1. The van der Waals surface area contributed by atoms with Crippen LogP contribution in [0.25, 0.3) is 21.3 Å². The first-order valence-electron chi connectivity index (χ1n) is 8.69. The molecule has 0 saturated carbocycles. The van der Waals surface area contributed by atoms with Crippen molar-refractivity contribution in [1.82, 2.24) is 4.98 Å². The van der Waals surface area contributed by atoms with Gasteiger partial charge in [0.15, 0.2) is 5.13 Å². The van der Waals surface area contributed by atoms with Gasteiger partial charge < -0.3 is 0 Å². The van der Waals surface area contributed by atoms with E-state index >= 15 is 0 Å². The van der Waals surface area contributed by atoms with Crippen LogP contribution < -0.4 is 5.32 Å². The summed E-state index contributed by atoms with van der Waals surface area (Å²) >= 11 is 2.88. The SMILES string of the molecule is CCCc1c(C(=O)Nc2nc(-c3ccc(F)cc3)cs2)sc2ccccc12. The molecule has 0 aliphatic carbocycles. The van der Waals surface area contributed by atoms with Gasteiger partial charge in [-0.1, -0.05) is 31.5 Å². The molecule has 4 aromatic rings. The van der Waals surface area contributed by atoms with Gasteiger partial charge in [-0.2, -0.15) is 0 Å². The van der Waals surface area contributed by atoms with Gasteiger partial charge >= 0.3 is 0 Å². The molecule has 0 bridgehead atoms. The number of anilines is 1. The summed E-state index contributed by atoms with van der Waals surface area (Å²) in [5.74, 6) is -0.407. The van der Waals surface area contributed by atoms with Crippen molar-refractivity contribution < 1.29 is 9.18 Å². The van der Waals surface area contributed by atoms with Crippen molar-refractivity contribution in [2.24, 2.45) is 0 Å². The van der Waals surface area contributed by atoms with Gasteiger partial charge in [0.25, 0.3) is 5.91 Å². The summed E-state index contributed by atoms with van der Waals surface area (Å²) in [4.78, 5) is 18.1. The Labute approximate surface area is 164 Å². The van der Waals surface area contributed by atoms with E-state index in [0.717, 1.165) is 44.6 Å². The zero-order chi connectivity index (χ0) is 18.8. The Hall–Kier alpha value is -2.57. The second kappa shape index (κ2) is 7.58. The Bertz CT molecular complexity index is 1100. The highest BCUT2D eigenvalue weighted by Crippen LogP contribution is 2.33. The third kappa shape index (κ3) is 3.63. The molecule has 0 spiro atoms. The summed E-state index contributed by atoms with van der Waals surface area (Å²) in [6.07, 6.45) is 1.85. The number of hydrogen-bond donors (Lipinski definition) is 1. The van der Waals surface area contributed by atoms with Crippen LogP contribution in [-0.4, -0.2) is 10.9 Å². The maximum atomic E-state index is 13.1. The molecule has 1 amide bonds. The molecule has 1 N–H and O–H groups in total. The summed E-state index contributed by atoms with van der Waals surface area (Å²) < 4.78 is 14.2. The minimum absolute atomic E-state index is 0.125. The maximum Gasteiger partial charge on any atom is 0.267 e. The molecule has 0 aliphatic heterocycles. The van der Waals surface area contributed by atoms with Crippen molar-refractivity contribution in [3.8, 4) is 11.3 Å². The number of aryl methyl sites for hydroxylation is 1. The minimum atomic E-state index is -0.282. The number of amides is 1. The molecule has 0 atom stereocenters. The summed E-state index contributed by atoms with van der Waals surface area (Å²) in [5.41, 5.74) is 2.65. The lowest BCUT2D eigenvalue weighted by atomic mass is 10.1. The van der Waals surface area contributed by atoms with E-state index in [9.17, 15) is 9.18 Å². The van der Waals surface area contributed by atoms with Crippen LogP contribution in [0.15, 0.2) is 53.9 Å². The molecular formula is C21H17FN2OS2. The number of carbonyl (C=O) groups excluding carboxylic acids is 1. The second-order valence-electron chi connectivity index (χ2n) is 6.15. The van der Waals surface area contributed by atoms with Crippen molar-refractivity contribution in [3.63, 3.8) is 0 Å². The van der Waals surface area contributed by atoms with Gasteiger partial charge in [0.1, 0.15) is 5.82 Å². The van der Waals surface area contributed by atoms with Crippen LogP contribution in [0.3, 0.4) is 0 Å². The highest BCUT2D eigenvalue weighted by atomic mass is 32.1. The number of hydrogen-bond acceptors (Lipinski definition) is 4. The third-order valence-corrected chi connectivity index (χ3v) is 6.24. The van der Waals surface area contributed by atoms with E-state index in [1.807, 2.05) is 23.6 Å². The van der Waals surface area contributed by atoms with E-state index in [-0.39, 0.29) is 11.7 Å². The molecule has 0 saturated heterocycles. The minimum Gasteiger partial charge on any atom is -0.297 e. The molecule has 4 rings (SSSR count). The van der Waals surface area contributed by atoms with E-state index in [1.165, 1.54) is 34.8 Å². The number of nitrogens with one attached hydrogen (secondary N) is 1. The molecule has 0 unspecified atom stereocenters. The molecule has 2 aromatic carbocycles. The van der Waals surface area contributed by atoms with Crippen molar-refractivity contribution in [1.29, 1.82) is 0 Å². The number of aromatic nitrogens is 1. The topological polar surface area (TPSA) is 42.0 Å². The number of thiazole rings is 1. The van der Waals surface area contributed by atoms with Crippen LogP contribution in [0.4, 0.5) is 9.52 Å². The van der Waals surface area contributed by atoms with Crippen molar-refractivity contribution >= 4 is 43.8 Å². The Balaban J connectivity index is 1.60. The fraction of sp³-hybridized carbons (Fsp3) is 0.143. The van der Waals surface area contributed by atoms with E-state index in [2.05, 4.69) is 23.3 Å². The molecule has 0 fully saturated rings. The molecule has 3 nitrogen and oxygen atoms in total. The van der Waals surface area contributed by atoms with Crippen LogP contribution in [-0.2, 0) is 6.42 Å². The first-order valence-corrected chi connectivity index (χ1v) is 10.4. The Kier molecular flexibility index (Phi) is 5.01. The monoisotopic (exact) mass is 396 g/mol. The Morgan fingerprint density at radius 2 is 1.93 bits per heavy atom. The summed E-state index contributed by atoms with van der Waals surface area (Å²) in [6.45, 7) is 2.12. The Morgan fingerprint density at radius 3 is 2.70 bits per heavy atom. The zero-order valence-corrected chi connectivity index (χ0v) is 16.3. The second-order valence-corrected chi connectivity index (χ2v) is 8.07. The molecule has 136 valence electrons. The fourth-order valence-corrected chi connectivity index (χ4v) is 4.88.